The highest BCUT2D eigenvalue weighted by Crippen LogP contribution is 1.97. The van der Waals surface area contributed by atoms with Crippen molar-refractivity contribution < 1.29 is 19.4 Å². The van der Waals surface area contributed by atoms with Crippen molar-refractivity contribution in [2.75, 3.05) is 19.1 Å². The number of primary amides is 1. The molecule has 0 spiro atoms. The maximum absolute atomic E-state index is 9.86. The summed E-state index contributed by atoms with van der Waals surface area (Å²) in [6.07, 6.45) is 2.32. The zero-order valence-electron chi connectivity index (χ0n) is 7.78. The largest absolute Gasteiger partial charge is 0.481 e. The topological polar surface area (TPSA) is 89.6 Å². The molecule has 0 atom stereocenters. The Labute approximate surface area is 81.6 Å². The molecule has 78 valence electrons. The summed E-state index contributed by atoms with van der Waals surface area (Å²) in [7, 11) is 1.22. The van der Waals surface area contributed by atoms with E-state index in [1.165, 1.54) is 7.11 Å². The van der Waals surface area contributed by atoms with Gasteiger partial charge in [-0.3, -0.25) is 4.79 Å². The van der Waals surface area contributed by atoms with Crippen LogP contribution in [0, 0.1) is 0 Å². The van der Waals surface area contributed by atoms with Crippen molar-refractivity contribution in [1.82, 2.24) is 0 Å². The standard InChI is InChI=1S/C5H10O2S.C2H5NO2/c1-8-4-2-3-5(6)7;1-5-2(3)4/h2-4H2,1H3,(H,6,7);1H3,(H2,3,4). The molecule has 0 rings (SSSR count). The second-order valence-electron chi connectivity index (χ2n) is 2.01. The first-order chi connectivity index (χ1) is 6.04. The number of nitrogens with two attached hydrogens (primary N) is 1. The van der Waals surface area contributed by atoms with Gasteiger partial charge in [0, 0.05) is 6.42 Å². The summed E-state index contributed by atoms with van der Waals surface area (Å²) in [4.78, 5) is 19.2. The number of carbonyl (C=O) groups is 2. The van der Waals surface area contributed by atoms with Crippen LogP contribution in [-0.2, 0) is 9.53 Å². The molecule has 0 heterocycles. The fourth-order valence-corrected chi connectivity index (χ4v) is 0.801. The number of carboxylic acid groups (broad SMARTS) is 1. The molecule has 13 heavy (non-hydrogen) atoms. The average molecular weight is 209 g/mol. The van der Waals surface area contributed by atoms with Gasteiger partial charge in [-0.2, -0.15) is 11.8 Å². The van der Waals surface area contributed by atoms with Crippen LogP contribution in [0.1, 0.15) is 12.8 Å². The molecule has 5 nitrogen and oxygen atoms in total. The van der Waals surface area contributed by atoms with E-state index < -0.39 is 12.1 Å². The predicted molar refractivity (Wildman–Crippen MR) is 51.8 cm³/mol. The molecule has 0 radical (unpaired) electrons. The normalized spacial score (nSPS) is 8.15. The van der Waals surface area contributed by atoms with Crippen LogP contribution < -0.4 is 5.73 Å². The van der Waals surface area contributed by atoms with E-state index in [1.54, 1.807) is 11.8 Å². The van der Waals surface area contributed by atoms with Crippen LogP contribution in [0.5, 0.6) is 0 Å². The Morgan fingerprint density at radius 1 is 1.54 bits per heavy atom. The summed E-state index contributed by atoms with van der Waals surface area (Å²) in [5, 5.41) is 8.13. The Morgan fingerprint density at radius 2 is 2.00 bits per heavy atom. The van der Waals surface area contributed by atoms with Gasteiger partial charge in [-0.25, -0.2) is 4.79 Å². The van der Waals surface area contributed by atoms with Gasteiger partial charge in [0.1, 0.15) is 0 Å². The van der Waals surface area contributed by atoms with E-state index in [-0.39, 0.29) is 0 Å². The quantitative estimate of drug-likeness (QED) is 0.672. The third-order valence-electron chi connectivity index (χ3n) is 0.940. The Hall–Kier alpha value is -0.910. The molecule has 0 unspecified atom stereocenters. The highest BCUT2D eigenvalue weighted by molar-refractivity contribution is 7.98. The van der Waals surface area contributed by atoms with Gasteiger partial charge in [-0.1, -0.05) is 0 Å². The van der Waals surface area contributed by atoms with Gasteiger partial charge in [0.05, 0.1) is 7.11 Å². The maximum Gasteiger partial charge on any atom is 0.404 e. The summed E-state index contributed by atoms with van der Waals surface area (Å²) >= 11 is 1.68. The lowest BCUT2D eigenvalue weighted by Crippen LogP contribution is -2.08. The Bertz CT molecular complexity index is 151. The van der Waals surface area contributed by atoms with E-state index in [0.29, 0.717) is 6.42 Å². The Morgan fingerprint density at radius 3 is 2.23 bits per heavy atom. The zero-order chi connectivity index (χ0) is 10.7. The Kier molecular flexibility index (Phi) is 12.5. The molecule has 0 saturated heterocycles. The van der Waals surface area contributed by atoms with Crippen LogP contribution in [-0.4, -0.2) is 36.3 Å². The summed E-state index contributed by atoms with van der Waals surface area (Å²) in [6.45, 7) is 0. The van der Waals surface area contributed by atoms with Crippen LogP contribution in [0.15, 0.2) is 0 Å². The second-order valence-corrected chi connectivity index (χ2v) is 3.00. The molecule has 0 aromatic rings. The molecule has 0 saturated carbocycles. The summed E-state index contributed by atoms with van der Waals surface area (Å²) in [6, 6.07) is 0. The summed E-state index contributed by atoms with van der Waals surface area (Å²) in [5.74, 6) is 0.255. The van der Waals surface area contributed by atoms with E-state index in [9.17, 15) is 9.59 Å². The first-order valence-corrected chi connectivity index (χ1v) is 4.98. The van der Waals surface area contributed by atoms with E-state index in [1.807, 2.05) is 6.26 Å². The fourth-order valence-electron chi connectivity index (χ4n) is 0.368. The molecule has 6 heteroatoms. The van der Waals surface area contributed by atoms with Crippen molar-refractivity contribution in [3.8, 4) is 0 Å². The number of thioether (sulfide) groups is 1. The predicted octanol–water partition coefficient (Wildman–Crippen LogP) is 0.926. The molecule has 0 aliphatic heterocycles. The molecule has 1 amide bonds. The number of methoxy groups -OCH3 is 1. The molecule has 0 aromatic carbocycles. The van der Waals surface area contributed by atoms with Crippen molar-refractivity contribution in [1.29, 1.82) is 0 Å². The van der Waals surface area contributed by atoms with E-state index >= 15 is 0 Å². The number of hydrogen-bond acceptors (Lipinski definition) is 4. The van der Waals surface area contributed by atoms with E-state index in [0.717, 1.165) is 12.2 Å². The lowest BCUT2D eigenvalue weighted by Gasteiger charge is -1.89. The molecule has 3 N–H and O–H groups in total. The lowest BCUT2D eigenvalue weighted by atomic mass is 10.3. The summed E-state index contributed by atoms with van der Waals surface area (Å²) < 4.78 is 3.89. The van der Waals surface area contributed by atoms with Gasteiger partial charge in [0.25, 0.3) is 0 Å². The molecule has 0 aliphatic rings. The average Bonchev–Trinajstić information content (AvgIpc) is 2.05. The van der Waals surface area contributed by atoms with E-state index in [4.69, 9.17) is 5.11 Å². The third-order valence-corrected chi connectivity index (χ3v) is 1.64. The number of amides is 1. The minimum absolute atomic E-state index is 0.306. The molecule has 0 aliphatic carbocycles. The van der Waals surface area contributed by atoms with Gasteiger partial charge in [-0.15, -0.1) is 0 Å². The fraction of sp³-hybridized carbons (Fsp3) is 0.714. The van der Waals surface area contributed by atoms with Gasteiger partial charge in [-0.05, 0) is 18.4 Å². The molecule has 0 bridgehead atoms. The van der Waals surface area contributed by atoms with Crippen molar-refractivity contribution in [3.63, 3.8) is 0 Å². The number of rotatable bonds is 4. The van der Waals surface area contributed by atoms with Crippen molar-refractivity contribution >= 4 is 23.8 Å². The summed E-state index contributed by atoms with van der Waals surface area (Å²) in [5.41, 5.74) is 4.43. The highest BCUT2D eigenvalue weighted by atomic mass is 32.2. The van der Waals surface area contributed by atoms with Gasteiger partial charge < -0.3 is 15.6 Å². The first kappa shape index (κ1) is 14.6. The highest BCUT2D eigenvalue weighted by Gasteiger charge is 1.93. The third kappa shape index (κ3) is 24.7. The van der Waals surface area contributed by atoms with Crippen LogP contribution in [0.2, 0.25) is 0 Å². The molecular formula is C7H15NO4S. The second kappa shape index (κ2) is 11.1. The van der Waals surface area contributed by atoms with Crippen LogP contribution >= 0.6 is 11.8 Å². The van der Waals surface area contributed by atoms with Crippen molar-refractivity contribution in [2.24, 2.45) is 5.73 Å². The number of carboxylic acids is 1. The maximum atomic E-state index is 9.86. The monoisotopic (exact) mass is 209 g/mol. The molecule has 0 fully saturated rings. The SMILES string of the molecule is COC(N)=O.CSCCCC(=O)O. The number of carbonyl (C=O) groups excluding carboxylic acids is 1. The van der Waals surface area contributed by atoms with E-state index in [2.05, 4.69) is 10.5 Å². The van der Waals surface area contributed by atoms with Gasteiger partial charge in [0.2, 0.25) is 0 Å². The van der Waals surface area contributed by atoms with Crippen LogP contribution in [0.4, 0.5) is 4.79 Å². The first-order valence-electron chi connectivity index (χ1n) is 3.58. The minimum Gasteiger partial charge on any atom is -0.481 e. The van der Waals surface area contributed by atoms with Gasteiger partial charge >= 0.3 is 12.1 Å². The van der Waals surface area contributed by atoms with Crippen molar-refractivity contribution in [2.45, 2.75) is 12.8 Å². The van der Waals surface area contributed by atoms with Crippen LogP contribution in [0.25, 0.3) is 0 Å². The Balaban J connectivity index is 0. The number of hydrogen-bond donors (Lipinski definition) is 2. The minimum atomic E-state index is -0.745. The zero-order valence-corrected chi connectivity index (χ0v) is 8.60. The number of aliphatic carboxylic acids is 1. The molecule has 0 aromatic heterocycles. The lowest BCUT2D eigenvalue weighted by molar-refractivity contribution is -0.137. The van der Waals surface area contributed by atoms with Crippen molar-refractivity contribution in [3.05, 3.63) is 0 Å². The molecular weight excluding hydrogens is 194 g/mol. The number of ether oxygens (including phenoxy) is 1. The van der Waals surface area contributed by atoms with Gasteiger partial charge in [0.15, 0.2) is 0 Å². The smallest absolute Gasteiger partial charge is 0.404 e. The van der Waals surface area contributed by atoms with Crippen LogP contribution in [0.3, 0.4) is 0 Å².